The summed E-state index contributed by atoms with van der Waals surface area (Å²) in [6.07, 6.45) is 4.63. The van der Waals surface area contributed by atoms with Crippen LogP contribution in [-0.2, 0) is 9.53 Å². The fourth-order valence-electron chi connectivity index (χ4n) is 2.40. The molecule has 0 saturated carbocycles. The van der Waals surface area contributed by atoms with E-state index in [2.05, 4.69) is 15.4 Å². The average molecular weight is 381 g/mol. The Morgan fingerprint density at radius 2 is 2.07 bits per heavy atom. The number of rotatable bonds is 6. The van der Waals surface area contributed by atoms with Gasteiger partial charge in [-0.25, -0.2) is 14.5 Å². The molecule has 142 valence electrons. The van der Waals surface area contributed by atoms with Gasteiger partial charge in [-0.3, -0.25) is 14.9 Å². The molecule has 0 atom stereocenters. The van der Waals surface area contributed by atoms with E-state index in [1.165, 1.54) is 42.1 Å². The van der Waals surface area contributed by atoms with Crippen molar-refractivity contribution >= 4 is 23.3 Å². The van der Waals surface area contributed by atoms with E-state index in [0.717, 1.165) is 0 Å². The largest absolute Gasteiger partial charge is 0.452 e. The van der Waals surface area contributed by atoms with Gasteiger partial charge in [0.05, 0.1) is 21.7 Å². The molecule has 0 unspecified atom stereocenters. The smallest absolute Gasteiger partial charge is 0.340 e. The number of pyridine rings is 1. The zero-order valence-electron chi connectivity index (χ0n) is 14.7. The van der Waals surface area contributed by atoms with Gasteiger partial charge in [0.15, 0.2) is 12.4 Å². The molecular weight excluding hydrogens is 366 g/mol. The number of nitrogens with zero attached hydrogens (tertiary/aromatic N) is 4. The van der Waals surface area contributed by atoms with Gasteiger partial charge >= 0.3 is 5.97 Å². The average Bonchev–Trinajstić information content (AvgIpc) is 3.22. The Morgan fingerprint density at radius 1 is 1.25 bits per heavy atom. The second kappa shape index (κ2) is 8.08. The van der Waals surface area contributed by atoms with Crippen molar-refractivity contribution in [3.05, 3.63) is 76.2 Å². The lowest BCUT2D eigenvalue weighted by molar-refractivity contribution is -0.385. The number of hydrogen-bond acceptors (Lipinski definition) is 7. The zero-order valence-corrected chi connectivity index (χ0v) is 14.7. The molecule has 10 heteroatoms. The molecule has 0 spiro atoms. The first-order valence-corrected chi connectivity index (χ1v) is 8.13. The fourth-order valence-corrected chi connectivity index (χ4v) is 2.40. The Hall–Kier alpha value is -4.08. The van der Waals surface area contributed by atoms with Gasteiger partial charge in [-0.05, 0) is 31.2 Å². The maximum absolute atomic E-state index is 12.1. The third-order valence-electron chi connectivity index (χ3n) is 3.83. The first-order chi connectivity index (χ1) is 13.5. The molecule has 10 nitrogen and oxygen atoms in total. The van der Waals surface area contributed by atoms with Crippen LogP contribution in [0.4, 0.5) is 11.4 Å². The van der Waals surface area contributed by atoms with Crippen LogP contribution in [0.25, 0.3) is 5.82 Å². The van der Waals surface area contributed by atoms with Gasteiger partial charge in [0.1, 0.15) is 0 Å². The number of nitro groups is 1. The quantitative estimate of drug-likeness (QED) is 0.394. The van der Waals surface area contributed by atoms with E-state index in [0.29, 0.717) is 11.4 Å². The fraction of sp³-hybridized carbons (Fsp3) is 0.111. The van der Waals surface area contributed by atoms with Crippen molar-refractivity contribution in [1.82, 2.24) is 14.8 Å². The first kappa shape index (κ1) is 18.7. The van der Waals surface area contributed by atoms with Crippen molar-refractivity contribution < 1.29 is 19.2 Å². The lowest BCUT2D eigenvalue weighted by Crippen LogP contribution is -2.21. The van der Waals surface area contributed by atoms with E-state index < -0.39 is 23.4 Å². The van der Waals surface area contributed by atoms with Gasteiger partial charge in [0, 0.05) is 24.7 Å². The van der Waals surface area contributed by atoms with Gasteiger partial charge in [-0.15, -0.1) is 0 Å². The number of anilines is 1. The molecule has 0 fully saturated rings. The molecule has 0 aliphatic heterocycles. The Bertz CT molecular complexity index is 1020. The molecule has 1 amide bonds. The van der Waals surface area contributed by atoms with Crippen LogP contribution in [0, 0.1) is 17.0 Å². The van der Waals surface area contributed by atoms with Crippen molar-refractivity contribution in [3.8, 4) is 5.82 Å². The summed E-state index contributed by atoms with van der Waals surface area (Å²) >= 11 is 0. The normalized spacial score (nSPS) is 10.3. The third kappa shape index (κ3) is 4.18. The molecule has 0 radical (unpaired) electrons. The monoisotopic (exact) mass is 381 g/mol. The topological polar surface area (TPSA) is 129 Å². The maximum atomic E-state index is 12.1. The highest BCUT2D eigenvalue weighted by Crippen LogP contribution is 2.24. The summed E-state index contributed by atoms with van der Waals surface area (Å²) in [5, 5.41) is 17.5. The third-order valence-corrected chi connectivity index (χ3v) is 3.83. The first-order valence-electron chi connectivity index (χ1n) is 8.13. The summed E-state index contributed by atoms with van der Waals surface area (Å²) < 4.78 is 6.49. The summed E-state index contributed by atoms with van der Waals surface area (Å²) in [6, 6.07) is 9.17. The van der Waals surface area contributed by atoms with E-state index in [1.54, 1.807) is 24.5 Å². The molecule has 0 saturated heterocycles. The predicted molar refractivity (Wildman–Crippen MR) is 98.1 cm³/mol. The van der Waals surface area contributed by atoms with Crippen LogP contribution >= 0.6 is 0 Å². The minimum absolute atomic E-state index is 0.113. The second-order valence-corrected chi connectivity index (χ2v) is 5.69. The number of benzene rings is 1. The number of ether oxygens (including phenoxy) is 1. The number of nitro benzene ring substituents is 1. The molecule has 28 heavy (non-hydrogen) atoms. The van der Waals surface area contributed by atoms with Crippen LogP contribution in [0.15, 0.2) is 55.0 Å². The van der Waals surface area contributed by atoms with Gasteiger partial charge in [-0.1, -0.05) is 6.07 Å². The molecular formula is C18H15N5O5. The van der Waals surface area contributed by atoms with Gasteiger partial charge < -0.3 is 10.1 Å². The molecule has 0 aliphatic carbocycles. The molecule has 0 bridgehead atoms. The molecule has 1 N–H and O–H groups in total. The van der Waals surface area contributed by atoms with Crippen molar-refractivity contribution in [2.24, 2.45) is 0 Å². The van der Waals surface area contributed by atoms with Crippen LogP contribution in [-0.4, -0.2) is 38.2 Å². The molecule has 3 aromatic rings. The SMILES string of the molecule is Cc1c(NC(=O)COC(=O)c2ccc(-n3cccn3)nc2)cccc1[N+](=O)[O-]. The number of amides is 1. The van der Waals surface area contributed by atoms with Crippen LogP contribution < -0.4 is 5.32 Å². The van der Waals surface area contributed by atoms with E-state index in [4.69, 9.17) is 4.74 Å². The van der Waals surface area contributed by atoms with Crippen molar-refractivity contribution in [1.29, 1.82) is 0 Å². The van der Waals surface area contributed by atoms with E-state index in [9.17, 15) is 19.7 Å². The van der Waals surface area contributed by atoms with Crippen molar-refractivity contribution in [2.75, 3.05) is 11.9 Å². The van der Waals surface area contributed by atoms with E-state index in [1.807, 2.05) is 0 Å². The zero-order chi connectivity index (χ0) is 20.1. The number of hydrogen-bond donors (Lipinski definition) is 1. The lowest BCUT2D eigenvalue weighted by Gasteiger charge is -2.09. The summed E-state index contributed by atoms with van der Waals surface area (Å²) in [4.78, 5) is 38.6. The maximum Gasteiger partial charge on any atom is 0.340 e. The highest BCUT2D eigenvalue weighted by Gasteiger charge is 2.16. The minimum atomic E-state index is -0.717. The molecule has 2 aromatic heterocycles. The highest BCUT2D eigenvalue weighted by atomic mass is 16.6. The molecule has 2 heterocycles. The number of nitrogens with one attached hydrogen (secondary N) is 1. The van der Waals surface area contributed by atoms with Gasteiger partial charge in [0.25, 0.3) is 11.6 Å². The number of esters is 1. The summed E-state index contributed by atoms with van der Waals surface area (Å²) in [7, 11) is 0. The summed E-state index contributed by atoms with van der Waals surface area (Å²) in [5.41, 5.74) is 0.652. The number of carbonyl (C=O) groups excluding carboxylic acids is 2. The van der Waals surface area contributed by atoms with E-state index in [-0.39, 0.29) is 16.9 Å². The summed E-state index contributed by atoms with van der Waals surface area (Å²) in [6.45, 7) is 0.981. The molecule has 1 aromatic carbocycles. The Labute approximate surface area is 158 Å². The lowest BCUT2D eigenvalue weighted by atomic mass is 10.1. The summed E-state index contributed by atoms with van der Waals surface area (Å²) in [5.74, 6) is -0.802. The molecule has 3 rings (SSSR count). The molecule has 0 aliphatic rings. The number of aromatic nitrogens is 3. The highest BCUT2D eigenvalue weighted by molar-refractivity contribution is 5.96. The Balaban J connectivity index is 1.58. The van der Waals surface area contributed by atoms with Gasteiger partial charge in [0.2, 0.25) is 0 Å². The van der Waals surface area contributed by atoms with Crippen LogP contribution in [0.3, 0.4) is 0 Å². The van der Waals surface area contributed by atoms with Crippen LogP contribution in [0.2, 0.25) is 0 Å². The predicted octanol–water partition coefficient (Wildman–Crippen LogP) is 2.28. The standard InChI is InChI=1S/C18H15N5O5/c1-12-14(4-2-5-15(12)23(26)27)21-17(24)11-28-18(25)13-6-7-16(19-10-13)22-9-3-8-20-22/h2-10H,11H2,1H3,(H,21,24). The van der Waals surface area contributed by atoms with E-state index >= 15 is 0 Å². The second-order valence-electron chi connectivity index (χ2n) is 5.69. The van der Waals surface area contributed by atoms with Crippen molar-refractivity contribution in [2.45, 2.75) is 6.92 Å². The van der Waals surface area contributed by atoms with Crippen molar-refractivity contribution in [3.63, 3.8) is 0 Å². The minimum Gasteiger partial charge on any atom is -0.452 e. The van der Waals surface area contributed by atoms with Gasteiger partial charge in [-0.2, -0.15) is 5.10 Å². The Kier molecular flexibility index (Phi) is 5.40. The van der Waals surface area contributed by atoms with Crippen LogP contribution in [0.5, 0.6) is 0 Å². The number of carbonyl (C=O) groups is 2. The Morgan fingerprint density at radius 3 is 2.71 bits per heavy atom. The van der Waals surface area contributed by atoms with Crippen LogP contribution in [0.1, 0.15) is 15.9 Å².